The summed E-state index contributed by atoms with van der Waals surface area (Å²) in [5, 5.41) is 0. The van der Waals surface area contributed by atoms with Gasteiger partial charge in [-0.2, -0.15) is 9.59 Å². The average molecular weight is 215 g/mol. The molecule has 15 heavy (non-hydrogen) atoms. The van der Waals surface area contributed by atoms with Gasteiger partial charge >= 0.3 is 6.15 Å². The fourth-order valence-electron chi connectivity index (χ4n) is 1.22. The quantitative estimate of drug-likeness (QED) is 0.625. The predicted octanol–water partition coefficient (Wildman–Crippen LogP) is 1.68. The van der Waals surface area contributed by atoms with Crippen LogP contribution >= 0.6 is 0 Å². The van der Waals surface area contributed by atoms with Gasteiger partial charge < -0.3 is 5.73 Å². The molecule has 0 saturated carbocycles. The third-order valence-electron chi connectivity index (χ3n) is 1.94. The summed E-state index contributed by atoms with van der Waals surface area (Å²) < 4.78 is 0. The fourth-order valence-corrected chi connectivity index (χ4v) is 1.22. The van der Waals surface area contributed by atoms with Crippen molar-refractivity contribution in [1.82, 2.24) is 0 Å². The van der Waals surface area contributed by atoms with Gasteiger partial charge in [0.15, 0.2) is 0 Å². The first-order chi connectivity index (χ1) is 7.22. The second-order valence-electron chi connectivity index (χ2n) is 3.32. The molecule has 88 valence electrons. The van der Waals surface area contributed by atoms with Gasteiger partial charge in [-0.15, -0.1) is 0 Å². The highest BCUT2D eigenvalue weighted by atomic mass is 16.2. The number of Topliss-reactive ketones (excluding diaryl/α,β-unsaturated/α-hetero) is 1. The van der Waals surface area contributed by atoms with E-state index in [0.29, 0.717) is 5.78 Å². The molecule has 0 aliphatic heterocycles. The van der Waals surface area contributed by atoms with Crippen LogP contribution in [0.3, 0.4) is 0 Å². The van der Waals surface area contributed by atoms with E-state index in [4.69, 9.17) is 15.3 Å². The van der Waals surface area contributed by atoms with Crippen molar-refractivity contribution in [2.24, 2.45) is 5.73 Å². The lowest BCUT2D eigenvalue weighted by Gasteiger charge is -1.98. The molecule has 0 radical (unpaired) electrons. The number of carbonyl (C=O) groups is 1. The lowest BCUT2D eigenvalue weighted by Crippen LogP contribution is -1.99. The van der Waals surface area contributed by atoms with Gasteiger partial charge in [0.05, 0.1) is 0 Å². The summed E-state index contributed by atoms with van der Waals surface area (Å²) in [7, 11) is 0. The van der Waals surface area contributed by atoms with Gasteiger partial charge in [0.1, 0.15) is 5.78 Å². The van der Waals surface area contributed by atoms with Crippen molar-refractivity contribution in [3.8, 4) is 0 Å². The van der Waals surface area contributed by atoms with E-state index in [1.54, 1.807) is 0 Å². The van der Waals surface area contributed by atoms with Crippen LogP contribution in [-0.2, 0) is 14.4 Å². The Labute approximate surface area is 91.2 Å². The molecule has 0 heterocycles. The minimum absolute atomic E-state index is 0.250. The minimum Gasteiger partial charge on any atom is -0.330 e. The molecule has 0 bridgehead atoms. The molecule has 0 fully saturated rings. The van der Waals surface area contributed by atoms with Crippen LogP contribution in [-0.4, -0.2) is 18.5 Å². The lowest BCUT2D eigenvalue weighted by atomic mass is 10.1. The number of nitrogens with two attached hydrogens (primary N) is 1. The number of unbranched alkanes of at least 4 members (excludes halogenated alkanes) is 3. The van der Waals surface area contributed by atoms with E-state index in [0.717, 1.165) is 45.1 Å². The highest BCUT2D eigenvalue weighted by Crippen LogP contribution is 2.04. The first-order valence-corrected chi connectivity index (χ1v) is 5.43. The molecular weight excluding hydrogens is 194 g/mol. The maximum atomic E-state index is 11.1. The van der Waals surface area contributed by atoms with Crippen molar-refractivity contribution < 1.29 is 14.4 Å². The van der Waals surface area contributed by atoms with E-state index in [-0.39, 0.29) is 6.15 Å². The zero-order chi connectivity index (χ0) is 11.9. The first-order valence-electron chi connectivity index (χ1n) is 5.43. The molecule has 0 saturated heterocycles. The lowest BCUT2D eigenvalue weighted by molar-refractivity contribution is -0.191. The average Bonchev–Trinajstić information content (AvgIpc) is 2.19. The van der Waals surface area contributed by atoms with Crippen molar-refractivity contribution in [1.29, 1.82) is 0 Å². The van der Waals surface area contributed by atoms with Crippen molar-refractivity contribution in [3.63, 3.8) is 0 Å². The maximum Gasteiger partial charge on any atom is 0.373 e. The summed E-state index contributed by atoms with van der Waals surface area (Å²) >= 11 is 0. The van der Waals surface area contributed by atoms with E-state index < -0.39 is 0 Å². The van der Waals surface area contributed by atoms with Crippen LogP contribution in [0.5, 0.6) is 0 Å². The first kappa shape index (κ1) is 16.4. The molecule has 0 aromatic heterocycles. The molecule has 2 N–H and O–H groups in total. The normalized spacial score (nSPS) is 8.67. The van der Waals surface area contributed by atoms with Crippen LogP contribution in [0.1, 0.15) is 51.9 Å². The Morgan fingerprint density at radius 2 is 1.60 bits per heavy atom. The number of hydrogen-bond donors (Lipinski definition) is 1. The van der Waals surface area contributed by atoms with E-state index in [1.165, 1.54) is 6.42 Å². The van der Waals surface area contributed by atoms with Gasteiger partial charge in [-0.25, -0.2) is 0 Å². The summed E-state index contributed by atoms with van der Waals surface area (Å²) in [6, 6.07) is 0. The van der Waals surface area contributed by atoms with Crippen LogP contribution in [0, 0.1) is 0 Å². The predicted molar refractivity (Wildman–Crippen MR) is 57.1 cm³/mol. The Kier molecular flexibility index (Phi) is 17.0. The highest BCUT2D eigenvalue weighted by molar-refractivity contribution is 5.78. The molecule has 0 aromatic rings. The van der Waals surface area contributed by atoms with Gasteiger partial charge in [0.25, 0.3) is 0 Å². The van der Waals surface area contributed by atoms with Gasteiger partial charge in [-0.05, 0) is 25.8 Å². The zero-order valence-corrected chi connectivity index (χ0v) is 9.46. The molecule has 0 aliphatic rings. The van der Waals surface area contributed by atoms with Gasteiger partial charge in [-0.3, -0.25) is 4.79 Å². The van der Waals surface area contributed by atoms with Crippen LogP contribution < -0.4 is 5.73 Å². The van der Waals surface area contributed by atoms with Crippen molar-refractivity contribution >= 4 is 11.9 Å². The van der Waals surface area contributed by atoms with Gasteiger partial charge in [0.2, 0.25) is 0 Å². The fraction of sp³-hybridized carbons (Fsp3) is 0.818. The number of rotatable bonds is 8. The molecule has 4 nitrogen and oxygen atoms in total. The van der Waals surface area contributed by atoms with Crippen LogP contribution in [0.2, 0.25) is 0 Å². The highest BCUT2D eigenvalue weighted by Gasteiger charge is 1.98. The number of ketones is 1. The Morgan fingerprint density at radius 3 is 2.07 bits per heavy atom. The van der Waals surface area contributed by atoms with Gasteiger partial charge in [-0.1, -0.05) is 19.8 Å². The molecule has 0 aliphatic carbocycles. The number of hydrogen-bond acceptors (Lipinski definition) is 4. The second kappa shape index (κ2) is 15.5. The summed E-state index contributed by atoms with van der Waals surface area (Å²) in [5.41, 5.74) is 5.35. The SMILES string of the molecule is CCCC(=O)CCCCCCN.O=C=O. The van der Waals surface area contributed by atoms with Crippen molar-refractivity contribution in [2.45, 2.75) is 51.9 Å². The molecule has 4 heteroatoms. The van der Waals surface area contributed by atoms with Crippen LogP contribution in [0.15, 0.2) is 0 Å². The van der Waals surface area contributed by atoms with E-state index in [2.05, 4.69) is 0 Å². The Bertz CT molecular complexity index is 175. The minimum atomic E-state index is 0.250. The third kappa shape index (κ3) is 19.4. The molecular formula is C11H21NO3. The summed E-state index contributed by atoms with van der Waals surface area (Å²) in [6.07, 6.45) is 7.26. The van der Waals surface area contributed by atoms with Crippen molar-refractivity contribution in [2.75, 3.05) is 6.54 Å². The van der Waals surface area contributed by atoms with E-state index >= 15 is 0 Å². The summed E-state index contributed by atoms with van der Waals surface area (Å²) in [4.78, 5) is 27.3. The van der Waals surface area contributed by atoms with E-state index in [1.807, 2.05) is 6.92 Å². The molecule has 0 atom stereocenters. The largest absolute Gasteiger partial charge is 0.373 e. The Balaban J connectivity index is 0. The monoisotopic (exact) mass is 215 g/mol. The van der Waals surface area contributed by atoms with Crippen molar-refractivity contribution in [3.05, 3.63) is 0 Å². The molecule has 0 aromatic carbocycles. The molecule has 0 amide bonds. The summed E-state index contributed by atoms with van der Waals surface area (Å²) in [6.45, 7) is 2.83. The second-order valence-corrected chi connectivity index (χ2v) is 3.32. The standard InChI is InChI=1S/C10H21NO.CO2/c1-2-7-10(12)8-5-3-4-6-9-11;2-1-3/h2-9,11H2,1H3;. The van der Waals surface area contributed by atoms with Gasteiger partial charge in [0, 0.05) is 12.8 Å². The Hall–Kier alpha value is -0.990. The molecule has 0 rings (SSSR count). The van der Waals surface area contributed by atoms with E-state index in [9.17, 15) is 4.79 Å². The van der Waals surface area contributed by atoms with Crippen LogP contribution in [0.25, 0.3) is 0 Å². The Morgan fingerprint density at radius 1 is 1.07 bits per heavy atom. The molecule has 0 spiro atoms. The van der Waals surface area contributed by atoms with Crippen LogP contribution in [0.4, 0.5) is 0 Å². The summed E-state index contributed by atoms with van der Waals surface area (Å²) in [5.74, 6) is 0.422. The molecule has 0 unspecified atom stereocenters. The number of carbonyl (C=O) groups excluding carboxylic acids is 3. The smallest absolute Gasteiger partial charge is 0.330 e. The third-order valence-corrected chi connectivity index (χ3v) is 1.94. The zero-order valence-electron chi connectivity index (χ0n) is 9.46. The topological polar surface area (TPSA) is 77.2 Å². The maximum absolute atomic E-state index is 11.1.